The fourth-order valence-electron chi connectivity index (χ4n) is 6.55. The lowest BCUT2D eigenvalue weighted by atomic mass is 10.00. The number of amides is 1. The normalized spacial score (nSPS) is 18.6. The van der Waals surface area contributed by atoms with Crippen LogP contribution in [0.2, 0.25) is 0 Å². The van der Waals surface area contributed by atoms with Gasteiger partial charge in [0.05, 0.1) is 22.6 Å². The number of nitrogens with one attached hydrogen (secondary N) is 2. The number of esters is 1. The van der Waals surface area contributed by atoms with Crippen molar-refractivity contribution in [3.8, 4) is 0 Å². The average molecular weight is 632 g/mol. The summed E-state index contributed by atoms with van der Waals surface area (Å²) in [6.45, 7) is 9.58. The monoisotopic (exact) mass is 631 g/mol. The largest absolute Gasteiger partial charge is 0.462 e. The van der Waals surface area contributed by atoms with Crippen molar-refractivity contribution in [1.29, 1.82) is 0 Å². The number of aryl methyl sites for hydroxylation is 1. The Morgan fingerprint density at radius 3 is 2.56 bits per heavy atom. The molecular weight excluding hydrogens is 590 g/mol. The first kappa shape index (κ1) is 31.2. The third-order valence-electron chi connectivity index (χ3n) is 9.10. The second-order valence-corrected chi connectivity index (χ2v) is 14.0. The summed E-state index contributed by atoms with van der Waals surface area (Å²) in [5.41, 5.74) is 6.25. The number of H-pyrrole nitrogens is 1. The number of carbonyl (C=O) groups excluding carboxylic acids is 2. The minimum Gasteiger partial charge on any atom is -0.462 e. The minimum atomic E-state index is -3.80. The number of piperazine rings is 1. The Kier molecular flexibility index (Phi) is 8.96. The number of likely N-dealkylation sites (N-methyl/N-ethyl adjacent to an activating group) is 1. The molecule has 11 heteroatoms. The van der Waals surface area contributed by atoms with E-state index >= 15 is 0 Å². The summed E-state index contributed by atoms with van der Waals surface area (Å²) in [6, 6.07) is 12.7. The van der Waals surface area contributed by atoms with E-state index in [4.69, 9.17) is 4.74 Å². The minimum absolute atomic E-state index is 0.144. The smallest absolute Gasteiger partial charge is 0.340 e. The Bertz CT molecular complexity index is 1750. The molecule has 0 spiro atoms. The topological polar surface area (TPSA) is 115 Å². The molecule has 1 saturated heterocycles. The number of benzene rings is 2. The van der Waals surface area contributed by atoms with Crippen molar-refractivity contribution >= 4 is 39.2 Å². The number of carbonyl (C=O) groups is 2. The van der Waals surface area contributed by atoms with Gasteiger partial charge in [-0.25, -0.2) is 13.2 Å². The summed E-state index contributed by atoms with van der Waals surface area (Å²) in [5, 5.41) is 2.88. The molecule has 0 saturated carbocycles. The molecule has 2 N–H and O–H groups in total. The summed E-state index contributed by atoms with van der Waals surface area (Å²) in [4.78, 5) is 34.5. The van der Waals surface area contributed by atoms with Crippen LogP contribution in [0.4, 0.5) is 5.69 Å². The van der Waals surface area contributed by atoms with E-state index in [-0.39, 0.29) is 17.4 Å². The highest BCUT2D eigenvalue weighted by Crippen LogP contribution is 2.37. The van der Waals surface area contributed by atoms with Gasteiger partial charge in [-0.3, -0.25) is 4.79 Å². The summed E-state index contributed by atoms with van der Waals surface area (Å²) in [6.07, 6.45) is 3.87. The predicted octanol–water partition coefficient (Wildman–Crippen LogP) is 3.92. The summed E-state index contributed by atoms with van der Waals surface area (Å²) < 4.78 is 34.5. The maximum atomic E-state index is 13.8. The van der Waals surface area contributed by atoms with Crippen molar-refractivity contribution in [2.75, 3.05) is 58.2 Å². The SMILES string of the molecule is CCOC(=O)c1c(C)[nH]c(/C=C2\C(=O)Nc3ccc(S(=O)(=O)N4CCc5ccccc5C4)cc32)c1CCCN1CCN(C)CC1. The molecule has 3 aromatic rings. The molecule has 0 bridgehead atoms. The molecule has 6 rings (SSSR count). The molecule has 4 heterocycles. The number of aromatic amines is 1. The van der Waals surface area contributed by atoms with Crippen LogP contribution in [0, 0.1) is 6.92 Å². The van der Waals surface area contributed by atoms with E-state index in [0.29, 0.717) is 59.7 Å². The van der Waals surface area contributed by atoms with E-state index in [2.05, 4.69) is 27.1 Å². The lowest BCUT2D eigenvalue weighted by molar-refractivity contribution is -0.110. The first-order valence-electron chi connectivity index (χ1n) is 15.7. The van der Waals surface area contributed by atoms with E-state index in [9.17, 15) is 18.0 Å². The van der Waals surface area contributed by atoms with Gasteiger partial charge in [0.2, 0.25) is 10.0 Å². The van der Waals surface area contributed by atoms with Gasteiger partial charge in [0.1, 0.15) is 0 Å². The number of anilines is 1. The van der Waals surface area contributed by atoms with Crippen molar-refractivity contribution in [3.63, 3.8) is 0 Å². The van der Waals surface area contributed by atoms with Gasteiger partial charge in [-0.1, -0.05) is 24.3 Å². The molecule has 45 heavy (non-hydrogen) atoms. The fourth-order valence-corrected chi connectivity index (χ4v) is 8.00. The fraction of sp³-hybridized carbons (Fsp3) is 0.412. The zero-order valence-electron chi connectivity index (χ0n) is 26.2. The van der Waals surface area contributed by atoms with Crippen molar-refractivity contribution in [3.05, 3.63) is 81.7 Å². The van der Waals surface area contributed by atoms with Gasteiger partial charge in [0.25, 0.3) is 5.91 Å². The van der Waals surface area contributed by atoms with E-state index in [1.54, 1.807) is 31.2 Å². The van der Waals surface area contributed by atoms with Crippen LogP contribution in [-0.4, -0.2) is 92.3 Å². The molecule has 0 atom stereocenters. The van der Waals surface area contributed by atoms with Crippen molar-refractivity contribution in [1.82, 2.24) is 19.1 Å². The second kappa shape index (κ2) is 12.9. The third kappa shape index (κ3) is 6.35. The van der Waals surface area contributed by atoms with Crippen LogP contribution in [0.3, 0.4) is 0 Å². The molecule has 2 aromatic carbocycles. The number of fused-ring (bicyclic) bond motifs is 2. The second-order valence-electron chi connectivity index (χ2n) is 12.1. The highest BCUT2D eigenvalue weighted by molar-refractivity contribution is 7.89. The van der Waals surface area contributed by atoms with Gasteiger partial charge in [-0.2, -0.15) is 4.31 Å². The van der Waals surface area contributed by atoms with E-state index in [1.807, 2.05) is 31.2 Å². The van der Waals surface area contributed by atoms with Gasteiger partial charge in [0.15, 0.2) is 0 Å². The molecular formula is C34H41N5O5S. The van der Waals surface area contributed by atoms with Gasteiger partial charge < -0.3 is 24.8 Å². The van der Waals surface area contributed by atoms with Crippen LogP contribution in [0.25, 0.3) is 11.6 Å². The number of ether oxygens (including phenoxy) is 1. The number of aromatic nitrogens is 1. The first-order valence-corrected chi connectivity index (χ1v) is 17.1. The summed E-state index contributed by atoms with van der Waals surface area (Å²) >= 11 is 0. The third-order valence-corrected chi connectivity index (χ3v) is 10.9. The molecule has 1 fully saturated rings. The number of hydrogen-bond donors (Lipinski definition) is 2. The molecule has 10 nitrogen and oxygen atoms in total. The molecule has 0 aliphatic carbocycles. The zero-order valence-corrected chi connectivity index (χ0v) is 27.0. The number of rotatable bonds is 9. The van der Waals surface area contributed by atoms with E-state index in [0.717, 1.165) is 50.3 Å². The molecule has 1 aromatic heterocycles. The molecule has 0 unspecified atom stereocenters. The average Bonchev–Trinajstić information content (AvgIpc) is 3.52. The first-order chi connectivity index (χ1) is 21.7. The zero-order chi connectivity index (χ0) is 31.7. The summed E-state index contributed by atoms with van der Waals surface area (Å²) in [5.74, 6) is -0.710. The van der Waals surface area contributed by atoms with Crippen LogP contribution >= 0.6 is 0 Å². The highest BCUT2D eigenvalue weighted by Gasteiger charge is 2.32. The molecule has 3 aliphatic heterocycles. The highest BCUT2D eigenvalue weighted by atomic mass is 32.2. The summed E-state index contributed by atoms with van der Waals surface area (Å²) in [7, 11) is -1.67. The van der Waals surface area contributed by atoms with Crippen molar-refractivity contribution in [2.45, 2.75) is 44.6 Å². The van der Waals surface area contributed by atoms with Crippen LogP contribution in [0.15, 0.2) is 47.4 Å². The predicted molar refractivity (Wildman–Crippen MR) is 174 cm³/mol. The number of nitrogens with zero attached hydrogens (tertiary/aromatic N) is 3. The van der Waals surface area contributed by atoms with Gasteiger partial charge >= 0.3 is 5.97 Å². The van der Waals surface area contributed by atoms with Gasteiger partial charge in [-0.15, -0.1) is 0 Å². The molecule has 238 valence electrons. The van der Waals surface area contributed by atoms with E-state index in [1.165, 1.54) is 9.87 Å². The Morgan fingerprint density at radius 1 is 1.04 bits per heavy atom. The molecule has 3 aliphatic rings. The lowest BCUT2D eigenvalue weighted by Crippen LogP contribution is -2.44. The Morgan fingerprint density at radius 2 is 1.80 bits per heavy atom. The van der Waals surface area contributed by atoms with Crippen LogP contribution in [-0.2, 0) is 38.9 Å². The Balaban J connectivity index is 1.30. The Labute approximate surface area is 265 Å². The molecule has 1 amide bonds. The van der Waals surface area contributed by atoms with Crippen LogP contribution in [0.1, 0.15) is 57.3 Å². The van der Waals surface area contributed by atoms with Crippen LogP contribution in [0.5, 0.6) is 0 Å². The number of sulfonamides is 1. The van der Waals surface area contributed by atoms with Crippen LogP contribution < -0.4 is 5.32 Å². The van der Waals surface area contributed by atoms with Gasteiger partial charge in [-0.05, 0) is 87.7 Å². The standard InChI is InChI=1S/C34H41N5O5S/c1-4-44-34(41)32-23(2)35-31(27(32)10-7-14-38-18-16-37(3)17-19-38)21-29-28-20-26(11-12-30(28)36-33(29)40)45(42,43)39-15-13-24-8-5-6-9-25(24)22-39/h5-6,8-9,11-12,20-21,35H,4,7,10,13-19,22H2,1-3H3,(H,36,40)/b29-21-. The lowest BCUT2D eigenvalue weighted by Gasteiger charge is -2.32. The Hall–Kier alpha value is -3.77. The van der Waals surface area contributed by atoms with Crippen molar-refractivity contribution in [2.24, 2.45) is 0 Å². The van der Waals surface area contributed by atoms with Crippen molar-refractivity contribution < 1.29 is 22.7 Å². The van der Waals surface area contributed by atoms with Gasteiger partial charge in [0, 0.05) is 61.9 Å². The van der Waals surface area contributed by atoms with E-state index < -0.39 is 16.0 Å². The molecule has 0 radical (unpaired) electrons. The quantitative estimate of drug-likeness (QED) is 0.272. The maximum absolute atomic E-state index is 13.8. The maximum Gasteiger partial charge on any atom is 0.340 e. The number of hydrogen-bond acceptors (Lipinski definition) is 7.